The fourth-order valence-corrected chi connectivity index (χ4v) is 2.42. The summed E-state index contributed by atoms with van der Waals surface area (Å²) in [5.74, 6) is 0.806. The number of aromatic amines is 1. The lowest BCUT2D eigenvalue weighted by Gasteiger charge is -2.14. The van der Waals surface area contributed by atoms with Crippen LogP contribution in [0, 0.1) is 0 Å². The Morgan fingerprint density at radius 1 is 1.32 bits per heavy atom. The highest BCUT2D eigenvalue weighted by molar-refractivity contribution is 6.30. The molecule has 1 saturated heterocycles. The number of nitrogens with zero attached hydrogens (tertiary/aromatic N) is 5. The van der Waals surface area contributed by atoms with Crippen LogP contribution >= 0.6 is 11.6 Å². The van der Waals surface area contributed by atoms with E-state index in [4.69, 9.17) is 16.3 Å². The summed E-state index contributed by atoms with van der Waals surface area (Å²) >= 11 is 5.79. The second kappa shape index (κ2) is 5.10. The lowest BCUT2D eigenvalue weighted by Crippen LogP contribution is -2.24. The van der Waals surface area contributed by atoms with Crippen molar-refractivity contribution in [1.82, 2.24) is 25.4 Å². The van der Waals surface area contributed by atoms with Crippen molar-refractivity contribution in [2.24, 2.45) is 0 Å². The number of H-pyrrole nitrogens is 1. The third kappa shape index (κ3) is 2.39. The van der Waals surface area contributed by atoms with Crippen molar-refractivity contribution in [3.8, 4) is 0 Å². The molecule has 0 aromatic carbocycles. The molecule has 1 aliphatic rings. The highest BCUT2D eigenvalue weighted by atomic mass is 35.5. The van der Waals surface area contributed by atoms with Crippen LogP contribution in [0.15, 0.2) is 18.6 Å². The van der Waals surface area contributed by atoms with E-state index in [1.54, 1.807) is 25.7 Å². The molecule has 0 unspecified atom stereocenters. The number of methoxy groups -OCH3 is 1. The van der Waals surface area contributed by atoms with E-state index in [1.165, 1.54) is 0 Å². The Balaban J connectivity index is 1.81. The molecule has 2 aromatic heterocycles. The lowest BCUT2D eigenvalue weighted by molar-refractivity contribution is 0.105. The van der Waals surface area contributed by atoms with Gasteiger partial charge in [-0.3, -0.25) is 0 Å². The first-order valence-corrected chi connectivity index (χ1v) is 6.26. The first kappa shape index (κ1) is 12.3. The zero-order chi connectivity index (χ0) is 13.2. The van der Waals surface area contributed by atoms with Crippen molar-refractivity contribution in [2.75, 3.05) is 25.1 Å². The molecule has 3 rings (SSSR count). The van der Waals surface area contributed by atoms with Gasteiger partial charge >= 0.3 is 0 Å². The first-order valence-electron chi connectivity index (χ1n) is 5.89. The van der Waals surface area contributed by atoms with Crippen LogP contribution in [0.25, 0.3) is 0 Å². The SMILES string of the molecule is CO[C@@H]1CN(c2ncc(Cl)cn2)C[C@H]1c1cn[nH]n1. The Morgan fingerprint density at radius 2 is 2.11 bits per heavy atom. The molecule has 19 heavy (non-hydrogen) atoms. The van der Waals surface area contributed by atoms with E-state index in [0.717, 1.165) is 18.8 Å². The van der Waals surface area contributed by atoms with Gasteiger partial charge in [0.2, 0.25) is 5.95 Å². The summed E-state index contributed by atoms with van der Waals surface area (Å²) in [6.45, 7) is 1.46. The van der Waals surface area contributed by atoms with Gasteiger partial charge in [-0.25, -0.2) is 9.97 Å². The van der Waals surface area contributed by atoms with Gasteiger partial charge in [-0.2, -0.15) is 15.4 Å². The summed E-state index contributed by atoms with van der Waals surface area (Å²) in [6.07, 6.45) is 4.96. The zero-order valence-corrected chi connectivity index (χ0v) is 11.1. The van der Waals surface area contributed by atoms with Gasteiger partial charge < -0.3 is 9.64 Å². The summed E-state index contributed by atoms with van der Waals surface area (Å²) in [7, 11) is 1.70. The van der Waals surface area contributed by atoms with Gasteiger partial charge in [0.25, 0.3) is 0 Å². The van der Waals surface area contributed by atoms with E-state index >= 15 is 0 Å². The van der Waals surface area contributed by atoms with Gasteiger partial charge in [-0.1, -0.05) is 11.6 Å². The molecule has 2 atom stereocenters. The molecule has 100 valence electrons. The Labute approximate surface area is 115 Å². The molecule has 1 N–H and O–H groups in total. The van der Waals surface area contributed by atoms with Gasteiger partial charge in [0.05, 0.1) is 41.3 Å². The van der Waals surface area contributed by atoms with Gasteiger partial charge in [0.1, 0.15) is 0 Å². The topological polar surface area (TPSA) is 79.8 Å². The molecular formula is C11H13ClN6O. The number of halogens is 1. The summed E-state index contributed by atoms with van der Waals surface area (Å²) < 4.78 is 5.52. The van der Waals surface area contributed by atoms with E-state index in [0.29, 0.717) is 11.0 Å². The Morgan fingerprint density at radius 3 is 2.74 bits per heavy atom. The molecule has 0 amide bonds. The monoisotopic (exact) mass is 280 g/mol. The highest BCUT2D eigenvalue weighted by Gasteiger charge is 2.36. The molecule has 2 aromatic rings. The average molecular weight is 281 g/mol. The normalized spacial score (nSPS) is 22.9. The maximum Gasteiger partial charge on any atom is 0.225 e. The van der Waals surface area contributed by atoms with Crippen LogP contribution in [0.2, 0.25) is 5.02 Å². The maximum atomic E-state index is 5.79. The molecule has 0 saturated carbocycles. The van der Waals surface area contributed by atoms with Crippen molar-refractivity contribution in [2.45, 2.75) is 12.0 Å². The maximum absolute atomic E-state index is 5.79. The molecule has 1 fully saturated rings. The fraction of sp³-hybridized carbons (Fsp3) is 0.455. The molecule has 0 spiro atoms. The van der Waals surface area contributed by atoms with Crippen LogP contribution in [0.5, 0.6) is 0 Å². The Kier molecular flexibility index (Phi) is 3.31. The fourth-order valence-electron chi connectivity index (χ4n) is 2.32. The van der Waals surface area contributed by atoms with Gasteiger partial charge in [-0.15, -0.1) is 0 Å². The molecule has 0 radical (unpaired) electrons. The Bertz CT molecular complexity index is 531. The van der Waals surface area contributed by atoms with Crippen molar-refractivity contribution < 1.29 is 4.74 Å². The predicted octanol–water partition coefficient (Wildman–Crippen LogP) is 0.867. The number of hydrogen-bond acceptors (Lipinski definition) is 6. The smallest absolute Gasteiger partial charge is 0.225 e. The second-order valence-corrected chi connectivity index (χ2v) is 4.82. The van der Waals surface area contributed by atoms with Gasteiger partial charge in [0, 0.05) is 20.2 Å². The van der Waals surface area contributed by atoms with Gasteiger partial charge in [-0.05, 0) is 0 Å². The van der Waals surface area contributed by atoms with Crippen LogP contribution in [-0.4, -0.2) is 51.7 Å². The summed E-state index contributed by atoms with van der Waals surface area (Å²) in [5.41, 5.74) is 0.892. The predicted molar refractivity (Wildman–Crippen MR) is 69.2 cm³/mol. The largest absolute Gasteiger partial charge is 0.379 e. The second-order valence-electron chi connectivity index (χ2n) is 4.38. The minimum Gasteiger partial charge on any atom is -0.379 e. The van der Waals surface area contributed by atoms with E-state index in [2.05, 4.69) is 30.3 Å². The van der Waals surface area contributed by atoms with Crippen LogP contribution in [0.4, 0.5) is 5.95 Å². The van der Waals surface area contributed by atoms with Crippen molar-refractivity contribution in [1.29, 1.82) is 0 Å². The van der Waals surface area contributed by atoms with E-state index < -0.39 is 0 Å². The number of rotatable bonds is 3. The number of hydrogen-bond donors (Lipinski definition) is 1. The summed E-state index contributed by atoms with van der Waals surface area (Å²) in [4.78, 5) is 10.5. The third-order valence-corrected chi connectivity index (χ3v) is 3.47. The standard InChI is InChI=1S/C11H13ClN6O/c1-19-10-6-18(11-13-2-7(12)3-14-11)5-8(10)9-4-15-17-16-9/h2-4,8,10H,5-6H2,1H3,(H,15,16,17)/t8-,10+/m0/s1. The zero-order valence-electron chi connectivity index (χ0n) is 10.3. The molecule has 0 aliphatic carbocycles. The average Bonchev–Trinajstić information content (AvgIpc) is 3.08. The molecular weight excluding hydrogens is 268 g/mol. The van der Waals surface area contributed by atoms with Crippen LogP contribution in [0.3, 0.4) is 0 Å². The molecule has 1 aliphatic heterocycles. The van der Waals surface area contributed by atoms with E-state index in [9.17, 15) is 0 Å². The summed E-state index contributed by atoms with van der Waals surface area (Å²) in [5, 5.41) is 11.1. The molecule has 8 heteroatoms. The molecule has 3 heterocycles. The lowest BCUT2D eigenvalue weighted by atomic mass is 10.0. The minimum atomic E-state index is 0.0457. The quantitative estimate of drug-likeness (QED) is 0.898. The molecule has 7 nitrogen and oxygen atoms in total. The van der Waals surface area contributed by atoms with Crippen LogP contribution in [0.1, 0.15) is 11.6 Å². The minimum absolute atomic E-state index is 0.0457. The third-order valence-electron chi connectivity index (χ3n) is 3.27. The van der Waals surface area contributed by atoms with Crippen molar-refractivity contribution >= 4 is 17.5 Å². The number of ether oxygens (including phenoxy) is 1. The van der Waals surface area contributed by atoms with E-state index in [1.807, 2.05) is 0 Å². The van der Waals surface area contributed by atoms with Crippen LogP contribution in [-0.2, 0) is 4.74 Å². The van der Waals surface area contributed by atoms with Crippen LogP contribution < -0.4 is 4.90 Å². The number of nitrogens with one attached hydrogen (secondary N) is 1. The summed E-state index contributed by atoms with van der Waals surface area (Å²) in [6, 6.07) is 0. The van der Waals surface area contributed by atoms with Crippen molar-refractivity contribution in [3.05, 3.63) is 29.3 Å². The number of aromatic nitrogens is 5. The Hall–Kier alpha value is -1.73. The van der Waals surface area contributed by atoms with E-state index in [-0.39, 0.29) is 12.0 Å². The first-order chi connectivity index (χ1) is 9.28. The number of anilines is 1. The van der Waals surface area contributed by atoms with Crippen molar-refractivity contribution in [3.63, 3.8) is 0 Å². The highest BCUT2D eigenvalue weighted by Crippen LogP contribution is 2.29. The molecule has 0 bridgehead atoms. The van der Waals surface area contributed by atoms with Gasteiger partial charge in [0.15, 0.2) is 0 Å².